The molecule has 1 aliphatic rings. The number of piperidine rings is 1. The van der Waals surface area contributed by atoms with Gasteiger partial charge < -0.3 is 10.4 Å². The van der Waals surface area contributed by atoms with Crippen LogP contribution in [0.1, 0.15) is 36.0 Å². The van der Waals surface area contributed by atoms with Gasteiger partial charge in [-0.3, -0.25) is 4.90 Å². The molecule has 106 valence electrons. The standard InChI is InChI=1S/C16H26N2O/c1-12-8-14(9-13(2)16(12)19)11-18-7-5-4-6-15(18)10-17-3/h8-9,15,17,19H,4-7,10-11H2,1-3H3. The topological polar surface area (TPSA) is 35.5 Å². The van der Waals surface area contributed by atoms with Crippen LogP contribution in [0.15, 0.2) is 12.1 Å². The quantitative estimate of drug-likeness (QED) is 0.875. The third-order valence-corrected chi connectivity index (χ3v) is 4.13. The molecule has 1 unspecified atom stereocenters. The number of rotatable bonds is 4. The first-order chi connectivity index (χ1) is 9.11. The molecule has 1 aliphatic heterocycles. The number of likely N-dealkylation sites (N-methyl/N-ethyl adjacent to an activating group) is 1. The zero-order valence-corrected chi connectivity index (χ0v) is 12.4. The molecule has 3 nitrogen and oxygen atoms in total. The van der Waals surface area contributed by atoms with E-state index < -0.39 is 0 Å². The predicted octanol–water partition coefficient (Wildman–Crippen LogP) is 2.58. The van der Waals surface area contributed by atoms with Gasteiger partial charge in [0.25, 0.3) is 0 Å². The zero-order valence-electron chi connectivity index (χ0n) is 12.4. The molecule has 19 heavy (non-hydrogen) atoms. The van der Waals surface area contributed by atoms with Crippen LogP contribution in [0.25, 0.3) is 0 Å². The second-order valence-electron chi connectivity index (χ2n) is 5.76. The first-order valence-electron chi connectivity index (χ1n) is 7.29. The molecule has 1 aromatic carbocycles. The van der Waals surface area contributed by atoms with Gasteiger partial charge in [0.2, 0.25) is 0 Å². The minimum absolute atomic E-state index is 0.439. The van der Waals surface area contributed by atoms with Gasteiger partial charge in [0, 0.05) is 19.1 Å². The molecule has 0 spiro atoms. The van der Waals surface area contributed by atoms with E-state index in [1.165, 1.54) is 31.4 Å². The Morgan fingerprint density at radius 3 is 2.58 bits per heavy atom. The minimum Gasteiger partial charge on any atom is -0.507 e. The van der Waals surface area contributed by atoms with E-state index in [-0.39, 0.29) is 0 Å². The summed E-state index contributed by atoms with van der Waals surface area (Å²) in [5, 5.41) is 13.2. The molecular formula is C16H26N2O. The Morgan fingerprint density at radius 1 is 1.26 bits per heavy atom. The molecule has 0 bridgehead atoms. The molecule has 1 saturated heterocycles. The molecular weight excluding hydrogens is 236 g/mol. The van der Waals surface area contributed by atoms with Crippen LogP contribution in [0, 0.1) is 13.8 Å². The van der Waals surface area contributed by atoms with Gasteiger partial charge in [-0.05, 0) is 57.0 Å². The number of hydrogen-bond donors (Lipinski definition) is 2. The lowest BCUT2D eigenvalue weighted by Crippen LogP contribution is -2.44. The highest BCUT2D eigenvalue weighted by Gasteiger charge is 2.21. The van der Waals surface area contributed by atoms with Gasteiger partial charge in [-0.25, -0.2) is 0 Å². The van der Waals surface area contributed by atoms with Gasteiger partial charge in [0.05, 0.1) is 0 Å². The van der Waals surface area contributed by atoms with Crippen molar-refractivity contribution in [2.75, 3.05) is 20.1 Å². The van der Waals surface area contributed by atoms with E-state index in [1.54, 1.807) is 0 Å². The molecule has 1 fully saturated rings. The molecule has 3 heteroatoms. The average molecular weight is 262 g/mol. The lowest BCUT2D eigenvalue weighted by molar-refractivity contribution is 0.139. The maximum absolute atomic E-state index is 9.85. The lowest BCUT2D eigenvalue weighted by atomic mass is 9.99. The lowest BCUT2D eigenvalue weighted by Gasteiger charge is -2.35. The molecule has 0 saturated carbocycles. The van der Waals surface area contributed by atoms with E-state index in [4.69, 9.17) is 0 Å². The Hall–Kier alpha value is -1.06. The number of likely N-dealkylation sites (tertiary alicyclic amines) is 1. The van der Waals surface area contributed by atoms with Crippen molar-refractivity contribution in [2.45, 2.75) is 45.7 Å². The van der Waals surface area contributed by atoms with Gasteiger partial charge in [-0.15, -0.1) is 0 Å². The smallest absolute Gasteiger partial charge is 0.121 e. The maximum atomic E-state index is 9.85. The fourth-order valence-corrected chi connectivity index (χ4v) is 3.11. The number of phenolic OH excluding ortho intramolecular Hbond substituents is 1. The molecule has 1 heterocycles. The molecule has 2 rings (SSSR count). The molecule has 0 aliphatic carbocycles. The molecule has 2 N–H and O–H groups in total. The molecule has 0 aromatic heterocycles. The first kappa shape index (κ1) is 14.4. The first-order valence-corrected chi connectivity index (χ1v) is 7.29. The summed E-state index contributed by atoms with van der Waals surface area (Å²) in [7, 11) is 2.03. The Balaban J connectivity index is 2.10. The monoisotopic (exact) mass is 262 g/mol. The van der Waals surface area contributed by atoms with E-state index >= 15 is 0 Å². The van der Waals surface area contributed by atoms with Crippen LogP contribution in [0.2, 0.25) is 0 Å². The van der Waals surface area contributed by atoms with Crippen LogP contribution in [0.5, 0.6) is 5.75 Å². The summed E-state index contributed by atoms with van der Waals surface area (Å²) in [6.07, 6.45) is 3.93. The van der Waals surface area contributed by atoms with Crippen molar-refractivity contribution in [3.05, 3.63) is 28.8 Å². The van der Waals surface area contributed by atoms with Crippen molar-refractivity contribution in [1.82, 2.24) is 10.2 Å². The summed E-state index contributed by atoms with van der Waals surface area (Å²) < 4.78 is 0. The van der Waals surface area contributed by atoms with Crippen LogP contribution in [-0.2, 0) is 6.54 Å². The SMILES string of the molecule is CNCC1CCCCN1Cc1cc(C)c(O)c(C)c1. The van der Waals surface area contributed by atoms with Gasteiger partial charge in [-0.2, -0.15) is 0 Å². The van der Waals surface area contributed by atoms with E-state index in [9.17, 15) is 5.11 Å². The molecule has 0 amide bonds. The van der Waals surface area contributed by atoms with E-state index in [0.29, 0.717) is 11.8 Å². The molecule has 0 radical (unpaired) electrons. The number of nitrogens with zero attached hydrogens (tertiary/aromatic N) is 1. The summed E-state index contributed by atoms with van der Waals surface area (Å²) in [6.45, 7) is 7.20. The Bertz CT molecular complexity index is 406. The maximum Gasteiger partial charge on any atom is 0.121 e. The van der Waals surface area contributed by atoms with Crippen LogP contribution >= 0.6 is 0 Å². The predicted molar refractivity (Wildman–Crippen MR) is 79.6 cm³/mol. The third kappa shape index (κ3) is 3.48. The van der Waals surface area contributed by atoms with Crippen molar-refractivity contribution in [2.24, 2.45) is 0 Å². The van der Waals surface area contributed by atoms with Gasteiger partial charge in [-0.1, -0.05) is 18.6 Å². The van der Waals surface area contributed by atoms with Gasteiger partial charge >= 0.3 is 0 Å². The normalized spacial score (nSPS) is 20.7. The van der Waals surface area contributed by atoms with Crippen LogP contribution in [0.3, 0.4) is 0 Å². The Labute approximate surface area is 116 Å². The fraction of sp³-hybridized carbons (Fsp3) is 0.625. The van der Waals surface area contributed by atoms with Crippen molar-refractivity contribution in [3.8, 4) is 5.75 Å². The van der Waals surface area contributed by atoms with Crippen molar-refractivity contribution in [1.29, 1.82) is 0 Å². The van der Waals surface area contributed by atoms with E-state index in [1.807, 2.05) is 20.9 Å². The molecule has 1 aromatic rings. The van der Waals surface area contributed by atoms with Crippen LogP contribution < -0.4 is 5.32 Å². The highest BCUT2D eigenvalue weighted by Crippen LogP contribution is 2.25. The summed E-state index contributed by atoms with van der Waals surface area (Å²) in [5.74, 6) is 0.439. The number of benzene rings is 1. The van der Waals surface area contributed by atoms with Crippen LogP contribution in [-0.4, -0.2) is 36.2 Å². The number of aryl methyl sites for hydroxylation is 2. The van der Waals surface area contributed by atoms with E-state index in [0.717, 1.165) is 24.2 Å². The Morgan fingerprint density at radius 2 is 1.95 bits per heavy atom. The summed E-state index contributed by atoms with van der Waals surface area (Å²) in [6, 6.07) is 4.88. The number of hydrogen-bond acceptors (Lipinski definition) is 3. The number of nitrogens with one attached hydrogen (secondary N) is 1. The van der Waals surface area contributed by atoms with Crippen LogP contribution in [0.4, 0.5) is 0 Å². The second kappa shape index (κ2) is 6.40. The van der Waals surface area contributed by atoms with E-state index in [2.05, 4.69) is 22.3 Å². The largest absolute Gasteiger partial charge is 0.507 e. The summed E-state index contributed by atoms with van der Waals surface area (Å²) in [5.41, 5.74) is 3.28. The average Bonchev–Trinajstić information content (AvgIpc) is 2.38. The zero-order chi connectivity index (χ0) is 13.8. The fourth-order valence-electron chi connectivity index (χ4n) is 3.11. The summed E-state index contributed by atoms with van der Waals surface area (Å²) in [4.78, 5) is 2.57. The number of aromatic hydroxyl groups is 1. The van der Waals surface area contributed by atoms with Crippen molar-refractivity contribution < 1.29 is 5.11 Å². The summed E-state index contributed by atoms with van der Waals surface area (Å²) >= 11 is 0. The van der Waals surface area contributed by atoms with Crippen molar-refractivity contribution >= 4 is 0 Å². The number of phenols is 1. The minimum atomic E-state index is 0.439. The highest BCUT2D eigenvalue weighted by atomic mass is 16.3. The van der Waals surface area contributed by atoms with Crippen molar-refractivity contribution in [3.63, 3.8) is 0 Å². The second-order valence-corrected chi connectivity index (χ2v) is 5.76. The third-order valence-electron chi connectivity index (χ3n) is 4.13. The highest BCUT2D eigenvalue weighted by molar-refractivity contribution is 5.42. The molecule has 1 atom stereocenters. The van der Waals surface area contributed by atoms with Gasteiger partial charge in [0.15, 0.2) is 0 Å². The Kier molecular flexibility index (Phi) is 4.83. The van der Waals surface area contributed by atoms with Gasteiger partial charge in [0.1, 0.15) is 5.75 Å².